The molecule has 0 aliphatic carbocycles. The number of nitrogens with zero attached hydrogens (tertiary/aromatic N) is 1. The maximum absolute atomic E-state index is 11.9. The molecule has 0 saturated carbocycles. The molecule has 2 aliphatic heterocycles. The molecule has 106 valence electrons. The summed E-state index contributed by atoms with van der Waals surface area (Å²) in [5.74, 6) is -0.0931. The van der Waals surface area contributed by atoms with Crippen molar-refractivity contribution >= 4 is 23.4 Å². The van der Waals surface area contributed by atoms with Crippen molar-refractivity contribution in [2.24, 2.45) is 5.10 Å². The number of hydrazone groups is 1. The summed E-state index contributed by atoms with van der Waals surface area (Å²) in [5, 5.41) is 6.69. The molecule has 0 spiro atoms. The molecule has 2 atom stereocenters. The van der Waals surface area contributed by atoms with E-state index in [1.807, 2.05) is 6.26 Å². The van der Waals surface area contributed by atoms with E-state index in [4.69, 9.17) is 0 Å². The van der Waals surface area contributed by atoms with Crippen LogP contribution in [-0.2, 0) is 17.8 Å². The number of hydrogen-bond donors (Lipinski definition) is 3. The zero-order valence-electron chi connectivity index (χ0n) is 11.7. The number of hydrogen-bond acceptors (Lipinski definition) is 4. The first-order valence-electron chi connectivity index (χ1n) is 6.76. The van der Waals surface area contributed by atoms with Crippen molar-refractivity contribution in [2.75, 3.05) is 12.8 Å². The van der Waals surface area contributed by atoms with Gasteiger partial charge in [0, 0.05) is 12.0 Å². The summed E-state index contributed by atoms with van der Waals surface area (Å²) in [6.45, 7) is 3.58. The molecule has 1 unspecified atom stereocenters. The third-order valence-electron chi connectivity index (χ3n) is 4.02. The van der Waals surface area contributed by atoms with Crippen LogP contribution in [0.2, 0.25) is 0 Å². The van der Waals surface area contributed by atoms with Crippen LogP contribution in [0.1, 0.15) is 18.1 Å². The number of thioether (sulfide) groups is 1. The van der Waals surface area contributed by atoms with E-state index >= 15 is 0 Å². The molecular weight excluding hydrogens is 272 g/mol. The molecule has 1 amide bonds. The van der Waals surface area contributed by atoms with Gasteiger partial charge in [0.25, 0.3) is 5.91 Å². The topological polar surface area (TPSA) is 57.9 Å². The van der Waals surface area contributed by atoms with E-state index in [-0.39, 0.29) is 5.91 Å². The molecule has 3 N–H and O–H groups in total. The maximum Gasteiger partial charge on any atom is 0.317 e. The van der Waals surface area contributed by atoms with Crippen molar-refractivity contribution in [1.29, 1.82) is 0 Å². The first-order valence-corrected chi connectivity index (χ1v) is 7.98. The van der Waals surface area contributed by atoms with Gasteiger partial charge in [0.2, 0.25) is 0 Å². The van der Waals surface area contributed by atoms with Crippen LogP contribution in [0.15, 0.2) is 29.4 Å². The normalized spacial score (nSPS) is 29.0. The van der Waals surface area contributed by atoms with Gasteiger partial charge in [-0.1, -0.05) is 24.3 Å². The molecule has 2 aliphatic rings. The Bertz CT molecular complexity index is 574. The van der Waals surface area contributed by atoms with Crippen LogP contribution in [0.4, 0.5) is 0 Å². The average Bonchev–Trinajstić information content (AvgIpc) is 2.50. The Morgan fingerprint density at radius 3 is 2.80 bits per heavy atom. The fourth-order valence-electron chi connectivity index (χ4n) is 2.78. The van der Waals surface area contributed by atoms with Crippen molar-refractivity contribution in [3.8, 4) is 0 Å². The van der Waals surface area contributed by atoms with Crippen LogP contribution in [0.25, 0.3) is 0 Å². The number of quaternary nitrogens is 1. The molecule has 0 saturated heterocycles. The van der Waals surface area contributed by atoms with Gasteiger partial charge in [-0.3, -0.25) is 15.0 Å². The lowest BCUT2D eigenvalue weighted by Gasteiger charge is -2.42. The molecule has 2 heterocycles. The van der Waals surface area contributed by atoms with Gasteiger partial charge < -0.3 is 0 Å². The van der Waals surface area contributed by atoms with Crippen LogP contribution in [-0.4, -0.2) is 29.5 Å². The molecule has 3 rings (SSSR count). The van der Waals surface area contributed by atoms with Crippen LogP contribution >= 0.6 is 11.8 Å². The highest BCUT2D eigenvalue weighted by Gasteiger charge is 2.46. The van der Waals surface area contributed by atoms with Gasteiger partial charge in [-0.05, 0) is 30.5 Å². The van der Waals surface area contributed by atoms with Gasteiger partial charge in [-0.25, -0.2) is 5.43 Å². The summed E-state index contributed by atoms with van der Waals surface area (Å²) in [6, 6.07) is 8.51. The molecule has 1 aromatic carbocycles. The standard InChI is InChI=1S/C14H18N4OS/c1-10-13(19)15-14(20-2,17-16-10)18-8-7-11-5-3-4-6-12(11)9-18/h3-6,17H,7-9H2,1-2H3,(H,15,19)/p+1/t14-/m0/s1. The van der Waals surface area contributed by atoms with Gasteiger partial charge >= 0.3 is 5.12 Å². The summed E-state index contributed by atoms with van der Waals surface area (Å²) in [7, 11) is 0. The van der Waals surface area contributed by atoms with Gasteiger partial charge in [0.15, 0.2) is 0 Å². The Kier molecular flexibility index (Phi) is 3.43. The average molecular weight is 291 g/mol. The molecule has 1 aromatic rings. The summed E-state index contributed by atoms with van der Waals surface area (Å²) in [5.41, 5.74) is 6.39. The number of nitrogens with one attached hydrogen (secondary N) is 3. The number of carbonyl (C=O) groups is 1. The predicted octanol–water partition coefficient (Wildman–Crippen LogP) is -0.303. The van der Waals surface area contributed by atoms with Gasteiger partial charge in [-0.2, -0.15) is 5.10 Å². The summed E-state index contributed by atoms with van der Waals surface area (Å²) in [6.07, 6.45) is 3.02. The van der Waals surface area contributed by atoms with Crippen LogP contribution in [0, 0.1) is 0 Å². The van der Waals surface area contributed by atoms with Crippen LogP contribution in [0.3, 0.4) is 0 Å². The molecule has 5 nitrogen and oxygen atoms in total. The quantitative estimate of drug-likeness (QED) is 0.701. The number of carbonyl (C=O) groups excluding carboxylic acids is 1. The van der Waals surface area contributed by atoms with Crippen molar-refractivity contribution in [2.45, 2.75) is 25.0 Å². The smallest absolute Gasteiger partial charge is 0.280 e. The maximum atomic E-state index is 11.9. The van der Waals surface area contributed by atoms with E-state index < -0.39 is 5.12 Å². The lowest BCUT2D eigenvalue weighted by Crippen LogP contribution is -3.23. The number of rotatable bonds is 2. The largest absolute Gasteiger partial charge is 0.317 e. The minimum Gasteiger partial charge on any atom is -0.280 e. The van der Waals surface area contributed by atoms with Gasteiger partial charge in [-0.15, -0.1) is 0 Å². The van der Waals surface area contributed by atoms with Crippen molar-refractivity contribution in [3.05, 3.63) is 35.4 Å². The molecule has 6 heteroatoms. The predicted molar refractivity (Wildman–Crippen MR) is 80.3 cm³/mol. The van der Waals surface area contributed by atoms with Crippen molar-refractivity contribution in [1.82, 2.24) is 10.7 Å². The molecular formula is C14H19N4OS+. The summed E-state index contributed by atoms with van der Waals surface area (Å²) in [4.78, 5) is 13.2. The Morgan fingerprint density at radius 2 is 2.10 bits per heavy atom. The zero-order chi connectivity index (χ0) is 14.2. The highest BCUT2D eigenvalue weighted by atomic mass is 32.2. The molecule has 0 radical (unpaired) electrons. The summed E-state index contributed by atoms with van der Waals surface area (Å²) >= 11 is 1.59. The lowest BCUT2D eigenvalue weighted by atomic mass is 10.00. The van der Waals surface area contributed by atoms with Crippen LogP contribution < -0.4 is 15.6 Å². The number of benzene rings is 1. The second-order valence-electron chi connectivity index (χ2n) is 5.20. The zero-order valence-corrected chi connectivity index (χ0v) is 12.5. The van der Waals surface area contributed by atoms with E-state index in [1.54, 1.807) is 18.7 Å². The summed E-state index contributed by atoms with van der Waals surface area (Å²) < 4.78 is 0. The highest BCUT2D eigenvalue weighted by molar-refractivity contribution is 7.99. The minimum absolute atomic E-state index is 0.0931. The fraction of sp³-hybridized carbons (Fsp3) is 0.429. The second-order valence-corrected chi connectivity index (χ2v) is 6.22. The first kappa shape index (κ1) is 13.5. The van der Waals surface area contributed by atoms with E-state index in [0.29, 0.717) is 5.71 Å². The van der Waals surface area contributed by atoms with E-state index in [2.05, 4.69) is 40.1 Å². The number of amides is 1. The van der Waals surface area contributed by atoms with Crippen molar-refractivity contribution < 1.29 is 9.69 Å². The molecule has 0 fully saturated rings. The molecule has 0 aromatic heterocycles. The van der Waals surface area contributed by atoms with Crippen molar-refractivity contribution in [3.63, 3.8) is 0 Å². The third-order valence-corrected chi connectivity index (χ3v) is 5.12. The Balaban J connectivity index is 1.87. The molecule has 0 bridgehead atoms. The first-order chi connectivity index (χ1) is 9.64. The van der Waals surface area contributed by atoms with E-state index in [0.717, 1.165) is 19.5 Å². The van der Waals surface area contributed by atoms with E-state index in [1.165, 1.54) is 16.0 Å². The second kappa shape index (κ2) is 5.10. The highest BCUT2D eigenvalue weighted by Crippen LogP contribution is 2.17. The Hall–Kier alpha value is -1.53. The SMILES string of the molecule is CS[C@]1([NH+]2CCc3ccccc3C2)NN=C(C)C(=O)N1. The fourth-order valence-corrected chi connectivity index (χ4v) is 3.57. The third kappa shape index (κ3) is 2.19. The lowest BCUT2D eigenvalue weighted by molar-refractivity contribution is -0.956. The Labute approximate surface area is 122 Å². The number of fused-ring (bicyclic) bond motifs is 1. The van der Waals surface area contributed by atoms with Crippen LogP contribution in [0.5, 0.6) is 0 Å². The van der Waals surface area contributed by atoms with E-state index in [9.17, 15) is 4.79 Å². The minimum atomic E-state index is -0.565. The van der Waals surface area contributed by atoms with Gasteiger partial charge in [0.05, 0.1) is 6.54 Å². The van der Waals surface area contributed by atoms with Gasteiger partial charge in [0.1, 0.15) is 12.3 Å². The Morgan fingerprint density at radius 1 is 1.35 bits per heavy atom. The molecule has 20 heavy (non-hydrogen) atoms. The monoisotopic (exact) mass is 291 g/mol.